The van der Waals surface area contributed by atoms with Gasteiger partial charge in [-0.3, -0.25) is 4.79 Å². The van der Waals surface area contributed by atoms with Crippen molar-refractivity contribution in [2.24, 2.45) is 0 Å². The smallest absolute Gasteiger partial charge is 0.226 e. The van der Waals surface area contributed by atoms with Crippen molar-refractivity contribution in [2.75, 3.05) is 19.7 Å². The van der Waals surface area contributed by atoms with Crippen LogP contribution in [0.4, 0.5) is 0 Å². The van der Waals surface area contributed by atoms with E-state index in [2.05, 4.69) is 19.2 Å². The highest BCUT2D eigenvalue weighted by atomic mass is 16.5. The first-order valence-corrected chi connectivity index (χ1v) is 6.87. The molecule has 0 radical (unpaired) electrons. The SMILES string of the molecule is CC1CN(C(=O)CCOc2ccccc2)CC(C)N1. The van der Waals surface area contributed by atoms with Gasteiger partial charge in [-0.25, -0.2) is 0 Å². The Bertz CT molecular complexity index is 398. The van der Waals surface area contributed by atoms with Crippen LogP contribution < -0.4 is 10.1 Å². The number of rotatable bonds is 4. The first kappa shape index (κ1) is 13.9. The third-order valence-corrected chi connectivity index (χ3v) is 3.24. The number of nitrogens with one attached hydrogen (secondary N) is 1. The number of amides is 1. The second kappa shape index (κ2) is 6.57. The number of carbonyl (C=O) groups excluding carboxylic acids is 1. The lowest BCUT2D eigenvalue weighted by atomic mass is 10.1. The molecule has 1 aliphatic rings. The van der Waals surface area contributed by atoms with Gasteiger partial charge in [-0.15, -0.1) is 0 Å². The second-order valence-electron chi connectivity index (χ2n) is 5.18. The van der Waals surface area contributed by atoms with Crippen LogP contribution in [-0.2, 0) is 4.79 Å². The lowest BCUT2D eigenvalue weighted by Gasteiger charge is -2.36. The fourth-order valence-electron chi connectivity index (χ4n) is 2.46. The monoisotopic (exact) mass is 262 g/mol. The summed E-state index contributed by atoms with van der Waals surface area (Å²) in [5, 5.41) is 3.42. The molecule has 1 amide bonds. The molecule has 19 heavy (non-hydrogen) atoms. The fourth-order valence-corrected chi connectivity index (χ4v) is 2.46. The molecule has 4 nitrogen and oxygen atoms in total. The summed E-state index contributed by atoms with van der Waals surface area (Å²) >= 11 is 0. The van der Waals surface area contributed by atoms with E-state index in [-0.39, 0.29) is 5.91 Å². The van der Waals surface area contributed by atoms with Crippen LogP contribution in [0.3, 0.4) is 0 Å². The third kappa shape index (κ3) is 4.24. The molecule has 1 heterocycles. The normalized spacial score (nSPS) is 23.2. The Balaban J connectivity index is 1.75. The number of para-hydroxylation sites is 1. The van der Waals surface area contributed by atoms with Gasteiger partial charge in [0.05, 0.1) is 13.0 Å². The molecule has 0 spiro atoms. The van der Waals surface area contributed by atoms with E-state index in [0.717, 1.165) is 18.8 Å². The quantitative estimate of drug-likeness (QED) is 0.897. The number of hydrogen-bond donors (Lipinski definition) is 1. The molecule has 0 aliphatic carbocycles. The van der Waals surface area contributed by atoms with Crippen LogP contribution in [-0.4, -0.2) is 42.6 Å². The van der Waals surface area contributed by atoms with E-state index in [0.29, 0.717) is 25.1 Å². The number of hydrogen-bond acceptors (Lipinski definition) is 3. The predicted molar refractivity (Wildman–Crippen MR) is 75.2 cm³/mol. The minimum Gasteiger partial charge on any atom is -0.493 e. The van der Waals surface area contributed by atoms with Crippen molar-refractivity contribution < 1.29 is 9.53 Å². The Hall–Kier alpha value is -1.55. The van der Waals surface area contributed by atoms with Crippen LogP contribution in [0.1, 0.15) is 20.3 Å². The number of nitrogens with zero attached hydrogens (tertiary/aromatic N) is 1. The van der Waals surface area contributed by atoms with E-state index < -0.39 is 0 Å². The van der Waals surface area contributed by atoms with Crippen molar-refractivity contribution in [3.05, 3.63) is 30.3 Å². The van der Waals surface area contributed by atoms with Crippen LogP contribution in [0.5, 0.6) is 5.75 Å². The summed E-state index contributed by atoms with van der Waals surface area (Å²) in [7, 11) is 0. The molecule has 1 N–H and O–H groups in total. The molecule has 0 aromatic heterocycles. The molecule has 4 heteroatoms. The van der Waals surface area contributed by atoms with Gasteiger partial charge in [0.15, 0.2) is 0 Å². The average Bonchev–Trinajstić information content (AvgIpc) is 2.38. The molecule has 2 rings (SSSR count). The highest BCUT2D eigenvalue weighted by Crippen LogP contribution is 2.10. The van der Waals surface area contributed by atoms with E-state index in [4.69, 9.17) is 4.74 Å². The van der Waals surface area contributed by atoms with E-state index in [1.54, 1.807) is 0 Å². The van der Waals surface area contributed by atoms with Crippen LogP contribution in [0.2, 0.25) is 0 Å². The molecule has 2 atom stereocenters. The van der Waals surface area contributed by atoms with Gasteiger partial charge in [0, 0.05) is 25.2 Å². The molecular weight excluding hydrogens is 240 g/mol. The lowest BCUT2D eigenvalue weighted by molar-refractivity contribution is -0.133. The van der Waals surface area contributed by atoms with Gasteiger partial charge in [0.1, 0.15) is 5.75 Å². The largest absolute Gasteiger partial charge is 0.493 e. The van der Waals surface area contributed by atoms with Gasteiger partial charge in [0.2, 0.25) is 5.91 Å². The van der Waals surface area contributed by atoms with Crippen LogP contribution >= 0.6 is 0 Å². The van der Waals surface area contributed by atoms with Gasteiger partial charge in [-0.2, -0.15) is 0 Å². The fraction of sp³-hybridized carbons (Fsp3) is 0.533. The average molecular weight is 262 g/mol. The minimum atomic E-state index is 0.177. The van der Waals surface area contributed by atoms with Crippen LogP contribution in [0, 0.1) is 0 Å². The van der Waals surface area contributed by atoms with Crippen molar-refractivity contribution in [3.8, 4) is 5.75 Å². The highest BCUT2D eigenvalue weighted by molar-refractivity contribution is 5.76. The second-order valence-corrected chi connectivity index (χ2v) is 5.18. The molecular formula is C15H22N2O2. The number of ether oxygens (including phenoxy) is 1. The minimum absolute atomic E-state index is 0.177. The Morgan fingerprint density at radius 1 is 1.26 bits per heavy atom. The summed E-state index contributed by atoms with van der Waals surface area (Å²) in [5.41, 5.74) is 0. The molecule has 0 bridgehead atoms. The molecule has 0 saturated carbocycles. The lowest BCUT2D eigenvalue weighted by Crippen LogP contribution is -2.56. The van der Waals surface area contributed by atoms with E-state index in [1.807, 2.05) is 35.2 Å². The number of piperazine rings is 1. The zero-order valence-electron chi connectivity index (χ0n) is 11.6. The van der Waals surface area contributed by atoms with Crippen molar-refractivity contribution in [2.45, 2.75) is 32.4 Å². The first-order valence-electron chi connectivity index (χ1n) is 6.87. The van der Waals surface area contributed by atoms with Gasteiger partial charge in [-0.05, 0) is 26.0 Å². The summed E-state index contributed by atoms with van der Waals surface area (Å²) in [4.78, 5) is 14.0. The van der Waals surface area contributed by atoms with Crippen LogP contribution in [0.15, 0.2) is 30.3 Å². The van der Waals surface area contributed by atoms with Crippen LogP contribution in [0.25, 0.3) is 0 Å². The van der Waals surface area contributed by atoms with Crippen molar-refractivity contribution in [3.63, 3.8) is 0 Å². The number of benzene rings is 1. The summed E-state index contributed by atoms with van der Waals surface area (Å²) < 4.78 is 5.56. The molecule has 1 aliphatic heterocycles. The zero-order chi connectivity index (χ0) is 13.7. The molecule has 2 unspecified atom stereocenters. The molecule has 1 fully saturated rings. The van der Waals surface area contributed by atoms with E-state index in [1.165, 1.54) is 0 Å². The summed E-state index contributed by atoms with van der Waals surface area (Å²) in [5.74, 6) is 0.994. The Kier molecular flexibility index (Phi) is 4.80. The summed E-state index contributed by atoms with van der Waals surface area (Å²) in [6.45, 7) is 6.23. The summed E-state index contributed by atoms with van der Waals surface area (Å²) in [6, 6.07) is 10.3. The maximum absolute atomic E-state index is 12.1. The molecule has 1 aromatic rings. The van der Waals surface area contributed by atoms with Crippen molar-refractivity contribution in [1.29, 1.82) is 0 Å². The molecule has 1 aromatic carbocycles. The van der Waals surface area contributed by atoms with E-state index >= 15 is 0 Å². The molecule has 104 valence electrons. The summed E-state index contributed by atoms with van der Waals surface area (Å²) in [6.07, 6.45) is 0.439. The zero-order valence-corrected chi connectivity index (χ0v) is 11.6. The highest BCUT2D eigenvalue weighted by Gasteiger charge is 2.24. The standard InChI is InChI=1S/C15H22N2O2/c1-12-10-17(11-13(2)16-12)15(18)8-9-19-14-6-4-3-5-7-14/h3-7,12-13,16H,8-11H2,1-2H3. The van der Waals surface area contributed by atoms with E-state index in [9.17, 15) is 4.79 Å². The van der Waals surface area contributed by atoms with Crippen molar-refractivity contribution >= 4 is 5.91 Å². The van der Waals surface area contributed by atoms with Gasteiger partial charge in [0.25, 0.3) is 0 Å². The number of carbonyl (C=O) groups is 1. The topological polar surface area (TPSA) is 41.6 Å². The third-order valence-electron chi connectivity index (χ3n) is 3.24. The predicted octanol–water partition coefficient (Wildman–Crippen LogP) is 1.66. The Morgan fingerprint density at radius 2 is 1.89 bits per heavy atom. The van der Waals surface area contributed by atoms with Gasteiger partial charge in [-0.1, -0.05) is 18.2 Å². The Morgan fingerprint density at radius 3 is 2.53 bits per heavy atom. The van der Waals surface area contributed by atoms with Gasteiger partial charge >= 0.3 is 0 Å². The first-order chi connectivity index (χ1) is 9.15. The maximum Gasteiger partial charge on any atom is 0.226 e. The maximum atomic E-state index is 12.1. The van der Waals surface area contributed by atoms with Gasteiger partial charge < -0.3 is 15.0 Å². The van der Waals surface area contributed by atoms with Crippen molar-refractivity contribution in [1.82, 2.24) is 10.2 Å². The Labute approximate surface area is 114 Å². The molecule has 1 saturated heterocycles.